The standard InChI is InChI=1S/C19H23NO6S/c1-23-13-25-18-11-8-16(12-19(18)26-14-24-2)5-4-15-6-9-17(10-7-15)20-27(3,21)22/h4-12,20H,13-14H2,1-3H3/b5-4+. The highest BCUT2D eigenvalue weighted by Gasteiger charge is 2.06. The van der Waals surface area contributed by atoms with Crippen molar-refractivity contribution in [1.82, 2.24) is 0 Å². The molecular formula is C19H23NO6S. The predicted octanol–water partition coefficient (Wildman–Crippen LogP) is 3.19. The molecule has 0 unspecified atom stereocenters. The second-order valence-electron chi connectivity index (χ2n) is 5.64. The van der Waals surface area contributed by atoms with Gasteiger partial charge in [0.2, 0.25) is 10.0 Å². The fourth-order valence-corrected chi connectivity index (χ4v) is 2.74. The van der Waals surface area contributed by atoms with Gasteiger partial charge in [-0.2, -0.15) is 0 Å². The van der Waals surface area contributed by atoms with E-state index in [0.29, 0.717) is 17.2 Å². The van der Waals surface area contributed by atoms with Crippen molar-refractivity contribution in [3.63, 3.8) is 0 Å². The van der Waals surface area contributed by atoms with Crippen LogP contribution < -0.4 is 14.2 Å². The number of nitrogens with one attached hydrogen (secondary N) is 1. The Morgan fingerprint density at radius 2 is 1.41 bits per heavy atom. The molecule has 1 N–H and O–H groups in total. The SMILES string of the molecule is COCOc1ccc(/C=C/c2ccc(NS(C)(=O)=O)cc2)cc1OCOC. The number of hydrogen-bond acceptors (Lipinski definition) is 6. The number of methoxy groups -OCH3 is 2. The molecule has 0 aromatic heterocycles. The Morgan fingerprint density at radius 3 is 2.00 bits per heavy atom. The molecule has 8 heteroatoms. The van der Waals surface area contributed by atoms with E-state index < -0.39 is 10.0 Å². The summed E-state index contributed by atoms with van der Waals surface area (Å²) in [5, 5.41) is 0. The zero-order valence-corrected chi connectivity index (χ0v) is 16.3. The van der Waals surface area contributed by atoms with Crippen LogP contribution in [0.5, 0.6) is 11.5 Å². The van der Waals surface area contributed by atoms with Gasteiger partial charge in [0.25, 0.3) is 0 Å². The molecule has 0 saturated heterocycles. The Labute approximate surface area is 159 Å². The van der Waals surface area contributed by atoms with E-state index in [4.69, 9.17) is 18.9 Å². The lowest BCUT2D eigenvalue weighted by molar-refractivity contribution is 0.0322. The molecule has 2 rings (SSSR count). The van der Waals surface area contributed by atoms with E-state index in [-0.39, 0.29) is 13.6 Å². The van der Waals surface area contributed by atoms with Crippen molar-refractivity contribution >= 4 is 27.9 Å². The molecule has 146 valence electrons. The summed E-state index contributed by atoms with van der Waals surface area (Å²) in [5.41, 5.74) is 2.35. The lowest BCUT2D eigenvalue weighted by Crippen LogP contribution is -2.09. The number of sulfonamides is 1. The number of rotatable bonds is 10. The zero-order valence-electron chi connectivity index (χ0n) is 15.5. The minimum Gasteiger partial charge on any atom is -0.464 e. The van der Waals surface area contributed by atoms with Gasteiger partial charge < -0.3 is 18.9 Å². The minimum atomic E-state index is -3.28. The van der Waals surface area contributed by atoms with Gasteiger partial charge in [0.05, 0.1) is 6.26 Å². The Morgan fingerprint density at radius 1 is 0.852 bits per heavy atom. The topological polar surface area (TPSA) is 83.1 Å². The summed E-state index contributed by atoms with van der Waals surface area (Å²) in [6.07, 6.45) is 4.94. The third-order valence-corrected chi connectivity index (χ3v) is 3.92. The first kappa shape index (κ1) is 20.8. The summed E-state index contributed by atoms with van der Waals surface area (Å²) < 4.78 is 45.8. The molecule has 0 spiro atoms. The molecule has 0 bridgehead atoms. The smallest absolute Gasteiger partial charge is 0.229 e. The van der Waals surface area contributed by atoms with Gasteiger partial charge in [-0.25, -0.2) is 8.42 Å². The molecule has 7 nitrogen and oxygen atoms in total. The van der Waals surface area contributed by atoms with Crippen molar-refractivity contribution in [1.29, 1.82) is 0 Å². The van der Waals surface area contributed by atoms with Crippen LogP contribution in [-0.2, 0) is 19.5 Å². The first-order valence-electron chi connectivity index (χ1n) is 8.05. The van der Waals surface area contributed by atoms with Gasteiger partial charge in [-0.15, -0.1) is 0 Å². The summed E-state index contributed by atoms with van der Waals surface area (Å²) in [6.45, 7) is 0.220. The summed E-state index contributed by atoms with van der Waals surface area (Å²) in [5.74, 6) is 1.10. The van der Waals surface area contributed by atoms with Crippen molar-refractivity contribution in [2.45, 2.75) is 0 Å². The van der Waals surface area contributed by atoms with Crippen LogP contribution >= 0.6 is 0 Å². The summed E-state index contributed by atoms with van der Waals surface area (Å²) >= 11 is 0. The highest BCUT2D eigenvalue weighted by atomic mass is 32.2. The molecule has 0 aliphatic heterocycles. The molecule has 27 heavy (non-hydrogen) atoms. The summed E-state index contributed by atoms with van der Waals surface area (Å²) in [7, 11) is -0.193. The van der Waals surface area contributed by atoms with Crippen molar-refractivity contribution in [3.8, 4) is 11.5 Å². The van der Waals surface area contributed by atoms with Crippen LogP contribution in [0.25, 0.3) is 12.2 Å². The first-order valence-corrected chi connectivity index (χ1v) is 9.94. The van der Waals surface area contributed by atoms with E-state index in [1.807, 2.05) is 36.4 Å². The number of benzene rings is 2. The zero-order chi connectivity index (χ0) is 19.7. The van der Waals surface area contributed by atoms with Gasteiger partial charge >= 0.3 is 0 Å². The fourth-order valence-electron chi connectivity index (χ4n) is 2.17. The monoisotopic (exact) mass is 393 g/mol. The normalized spacial score (nSPS) is 11.5. The average Bonchev–Trinajstić information content (AvgIpc) is 2.63. The Hall–Kier alpha value is -2.55. The van der Waals surface area contributed by atoms with Crippen LogP contribution in [-0.4, -0.2) is 42.5 Å². The third kappa shape index (κ3) is 7.30. The lowest BCUT2D eigenvalue weighted by atomic mass is 10.1. The molecule has 0 heterocycles. The molecule has 2 aromatic carbocycles. The van der Waals surface area contributed by atoms with Crippen LogP contribution in [0.2, 0.25) is 0 Å². The highest BCUT2D eigenvalue weighted by molar-refractivity contribution is 7.92. The van der Waals surface area contributed by atoms with E-state index in [2.05, 4.69) is 4.72 Å². The molecular weight excluding hydrogens is 370 g/mol. The Balaban J connectivity index is 2.13. The van der Waals surface area contributed by atoms with E-state index in [1.54, 1.807) is 32.4 Å². The van der Waals surface area contributed by atoms with Crippen molar-refractivity contribution in [2.24, 2.45) is 0 Å². The van der Waals surface area contributed by atoms with E-state index in [9.17, 15) is 8.42 Å². The van der Waals surface area contributed by atoms with Crippen LogP contribution in [0.1, 0.15) is 11.1 Å². The average molecular weight is 393 g/mol. The molecule has 0 aliphatic rings. The van der Waals surface area contributed by atoms with Crippen LogP contribution in [0.4, 0.5) is 5.69 Å². The van der Waals surface area contributed by atoms with Gasteiger partial charge in [-0.05, 0) is 35.4 Å². The fraction of sp³-hybridized carbons (Fsp3) is 0.263. The van der Waals surface area contributed by atoms with Crippen LogP contribution in [0, 0.1) is 0 Å². The lowest BCUT2D eigenvalue weighted by Gasteiger charge is -2.12. The quantitative estimate of drug-likeness (QED) is 0.493. The largest absolute Gasteiger partial charge is 0.464 e. The molecule has 2 aromatic rings. The Bertz CT molecular complexity index is 862. The third-order valence-electron chi connectivity index (χ3n) is 3.31. The number of ether oxygens (including phenoxy) is 4. The van der Waals surface area contributed by atoms with E-state index in [1.165, 1.54) is 0 Å². The molecule has 0 amide bonds. The second-order valence-corrected chi connectivity index (χ2v) is 7.39. The number of anilines is 1. The van der Waals surface area contributed by atoms with Gasteiger partial charge in [-0.3, -0.25) is 4.72 Å². The summed E-state index contributed by atoms with van der Waals surface area (Å²) in [4.78, 5) is 0. The van der Waals surface area contributed by atoms with Crippen molar-refractivity contribution < 1.29 is 27.4 Å². The Kier molecular flexibility index (Phi) is 7.66. The first-order chi connectivity index (χ1) is 12.9. The maximum Gasteiger partial charge on any atom is 0.229 e. The van der Waals surface area contributed by atoms with Crippen molar-refractivity contribution in [3.05, 3.63) is 53.6 Å². The maximum atomic E-state index is 11.2. The minimum absolute atomic E-state index is 0.102. The summed E-state index contributed by atoms with van der Waals surface area (Å²) in [6, 6.07) is 12.6. The van der Waals surface area contributed by atoms with Crippen LogP contribution in [0.3, 0.4) is 0 Å². The second kappa shape index (κ2) is 9.96. The van der Waals surface area contributed by atoms with Gasteiger partial charge in [0.1, 0.15) is 0 Å². The molecule has 0 saturated carbocycles. The molecule has 0 aliphatic carbocycles. The van der Waals surface area contributed by atoms with Gasteiger partial charge in [-0.1, -0.05) is 30.4 Å². The van der Waals surface area contributed by atoms with Gasteiger partial charge in [0, 0.05) is 19.9 Å². The van der Waals surface area contributed by atoms with Crippen molar-refractivity contribution in [2.75, 3.05) is 38.8 Å². The highest BCUT2D eigenvalue weighted by Crippen LogP contribution is 2.29. The molecule has 0 atom stereocenters. The van der Waals surface area contributed by atoms with Gasteiger partial charge in [0.15, 0.2) is 25.1 Å². The van der Waals surface area contributed by atoms with E-state index >= 15 is 0 Å². The molecule has 0 fully saturated rings. The van der Waals surface area contributed by atoms with Crippen LogP contribution in [0.15, 0.2) is 42.5 Å². The maximum absolute atomic E-state index is 11.2. The molecule has 0 radical (unpaired) electrons. The van der Waals surface area contributed by atoms with E-state index in [0.717, 1.165) is 17.4 Å². The predicted molar refractivity (Wildman–Crippen MR) is 105 cm³/mol. The number of hydrogen-bond donors (Lipinski definition) is 1.